The Balaban J connectivity index is 4.84. The van der Waals surface area contributed by atoms with Crippen molar-refractivity contribution in [2.24, 2.45) is 5.92 Å². The summed E-state index contributed by atoms with van der Waals surface area (Å²) in [6, 6.07) is -0.833. The highest BCUT2D eigenvalue weighted by Gasteiger charge is 2.30. The molecule has 0 radical (unpaired) electrons. The fraction of sp³-hybridized carbons (Fsp3) is 0.917. The summed E-state index contributed by atoms with van der Waals surface area (Å²) in [4.78, 5) is 11.9. The van der Waals surface area contributed by atoms with E-state index in [1.54, 1.807) is 41.5 Å². The lowest BCUT2D eigenvalue weighted by Crippen LogP contribution is -2.47. The normalized spacial score (nSPS) is 14.6. The first kappa shape index (κ1) is 17.4. The van der Waals surface area contributed by atoms with Crippen LogP contribution in [0.5, 0.6) is 0 Å². The molecule has 0 saturated heterocycles. The SMILES string of the molecule is CCCS(=O)(=O)N[C@H](C(=O)OC(C)(C)C)C(C)C. The minimum absolute atomic E-state index is 0.0129. The molecule has 5 nitrogen and oxygen atoms in total. The van der Waals surface area contributed by atoms with E-state index in [1.165, 1.54) is 0 Å². The van der Waals surface area contributed by atoms with E-state index in [0.717, 1.165) is 0 Å². The number of sulfonamides is 1. The van der Waals surface area contributed by atoms with Crippen LogP contribution in [0.1, 0.15) is 48.0 Å². The van der Waals surface area contributed by atoms with Gasteiger partial charge in [0.25, 0.3) is 0 Å². The fourth-order valence-electron chi connectivity index (χ4n) is 1.34. The molecule has 0 amide bonds. The smallest absolute Gasteiger partial charge is 0.324 e. The van der Waals surface area contributed by atoms with E-state index in [9.17, 15) is 13.2 Å². The van der Waals surface area contributed by atoms with Gasteiger partial charge in [-0.3, -0.25) is 4.79 Å². The summed E-state index contributed by atoms with van der Waals surface area (Å²) in [6.07, 6.45) is 0.508. The standard InChI is InChI=1S/C12H25NO4S/c1-7-8-18(15,16)13-10(9(2)3)11(14)17-12(4,5)6/h9-10,13H,7-8H2,1-6H3/t10-/m0/s1. The highest BCUT2D eigenvalue weighted by atomic mass is 32.2. The average molecular weight is 279 g/mol. The third-order valence-corrected chi connectivity index (χ3v) is 3.67. The molecule has 0 aliphatic rings. The van der Waals surface area contributed by atoms with Crippen molar-refractivity contribution >= 4 is 16.0 Å². The van der Waals surface area contributed by atoms with Crippen LogP contribution in [0.15, 0.2) is 0 Å². The van der Waals surface area contributed by atoms with Crippen LogP contribution in [0.25, 0.3) is 0 Å². The van der Waals surface area contributed by atoms with Crippen molar-refractivity contribution in [3.8, 4) is 0 Å². The van der Waals surface area contributed by atoms with Gasteiger partial charge in [0.1, 0.15) is 11.6 Å². The third kappa shape index (κ3) is 6.96. The summed E-state index contributed by atoms with van der Waals surface area (Å²) in [5.74, 6) is -0.678. The number of carbonyl (C=O) groups is 1. The maximum atomic E-state index is 11.9. The maximum absolute atomic E-state index is 11.9. The lowest BCUT2D eigenvalue weighted by atomic mass is 10.1. The molecule has 0 unspecified atom stereocenters. The zero-order chi connectivity index (χ0) is 14.6. The number of ether oxygens (including phenoxy) is 1. The second kappa shape index (κ2) is 6.52. The number of nitrogens with one attached hydrogen (secondary N) is 1. The highest BCUT2D eigenvalue weighted by molar-refractivity contribution is 7.89. The average Bonchev–Trinajstić information content (AvgIpc) is 2.10. The van der Waals surface area contributed by atoms with Gasteiger partial charge >= 0.3 is 5.97 Å². The topological polar surface area (TPSA) is 72.5 Å². The molecule has 0 heterocycles. The number of rotatable bonds is 6. The van der Waals surface area contributed by atoms with Gasteiger partial charge < -0.3 is 4.74 Å². The first-order chi connectivity index (χ1) is 7.98. The number of hydrogen-bond acceptors (Lipinski definition) is 4. The highest BCUT2D eigenvalue weighted by Crippen LogP contribution is 2.13. The summed E-state index contributed by atoms with van der Waals surface area (Å²) in [7, 11) is -3.43. The van der Waals surface area contributed by atoms with Crippen LogP contribution in [0.3, 0.4) is 0 Å². The quantitative estimate of drug-likeness (QED) is 0.751. The molecule has 6 heteroatoms. The summed E-state index contributed by atoms with van der Waals surface area (Å²) in [5, 5.41) is 0. The van der Waals surface area contributed by atoms with Gasteiger partial charge in [0.2, 0.25) is 10.0 Å². The summed E-state index contributed by atoms with van der Waals surface area (Å²) in [6.45, 7) is 10.6. The molecule has 1 atom stereocenters. The summed E-state index contributed by atoms with van der Waals surface area (Å²) in [5.41, 5.74) is -0.625. The van der Waals surface area contributed by atoms with Crippen LogP contribution < -0.4 is 4.72 Å². The molecule has 108 valence electrons. The lowest BCUT2D eigenvalue weighted by Gasteiger charge is -2.26. The van der Waals surface area contributed by atoms with Crippen LogP contribution >= 0.6 is 0 Å². The molecule has 0 rings (SSSR count). The van der Waals surface area contributed by atoms with E-state index in [1.807, 2.05) is 0 Å². The van der Waals surface area contributed by atoms with E-state index < -0.39 is 27.6 Å². The Morgan fingerprint density at radius 2 is 1.78 bits per heavy atom. The van der Waals surface area contributed by atoms with Gasteiger partial charge in [-0.05, 0) is 33.1 Å². The Morgan fingerprint density at radius 3 is 2.11 bits per heavy atom. The summed E-state index contributed by atoms with van der Waals surface area (Å²) >= 11 is 0. The van der Waals surface area contributed by atoms with Crippen LogP contribution in [0, 0.1) is 5.92 Å². The molecule has 18 heavy (non-hydrogen) atoms. The van der Waals surface area contributed by atoms with Crippen molar-refractivity contribution in [3.63, 3.8) is 0 Å². The second-order valence-corrected chi connectivity index (χ2v) is 7.57. The fourth-order valence-corrected chi connectivity index (χ4v) is 2.75. The van der Waals surface area contributed by atoms with Crippen molar-refractivity contribution in [2.45, 2.75) is 59.6 Å². The van der Waals surface area contributed by atoms with Crippen molar-refractivity contribution in [3.05, 3.63) is 0 Å². The molecule has 0 fully saturated rings. The van der Waals surface area contributed by atoms with E-state index >= 15 is 0 Å². The molecule has 1 N–H and O–H groups in total. The van der Waals surface area contributed by atoms with E-state index in [0.29, 0.717) is 6.42 Å². The molecule has 0 aliphatic heterocycles. The van der Waals surface area contributed by atoms with E-state index in [2.05, 4.69) is 4.72 Å². The van der Waals surface area contributed by atoms with Gasteiger partial charge in [0.05, 0.1) is 5.75 Å². The lowest BCUT2D eigenvalue weighted by molar-refractivity contribution is -0.158. The van der Waals surface area contributed by atoms with Gasteiger partial charge in [0.15, 0.2) is 0 Å². The van der Waals surface area contributed by atoms with E-state index in [4.69, 9.17) is 4.74 Å². The Kier molecular flexibility index (Phi) is 6.29. The minimum Gasteiger partial charge on any atom is -0.459 e. The summed E-state index contributed by atoms with van der Waals surface area (Å²) < 4.78 is 31.0. The third-order valence-electron chi connectivity index (χ3n) is 2.11. The van der Waals surface area contributed by atoms with Crippen molar-refractivity contribution in [1.29, 1.82) is 0 Å². The number of esters is 1. The number of hydrogen-bond donors (Lipinski definition) is 1. The van der Waals surface area contributed by atoms with Gasteiger partial charge in [-0.15, -0.1) is 0 Å². The molecule has 0 aliphatic carbocycles. The van der Waals surface area contributed by atoms with E-state index in [-0.39, 0.29) is 11.7 Å². The molecular weight excluding hydrogens is 254 g/mol. The van der Waals surface area contributed by atoms with Crippen molar-refractivity contribution in [1.82, 2.24) is 4.72 Å². The molecule has 0 aromatic rings. The number of carbonyl (C=O) groups excluding carboxylic acids is 1. The predicted octanol–water partition coefficient (Wildman–Crippen LogP) is 1.68. The largest absolute Gasteiger partial charge is 0.459 e. The van der Waals surface area contributed by atoms with Gasteiger partial charge in [0, 0.05) is 0 Å². The van der Waals surface area contributed by atoms with Crippen LogP contribution in [0.2, 0.25) is 0 Å². The van der Waals surface area contributed by atoms with Gasteiger partial charge in [-0.1, -0.05) is 20.8 Å². The van der Waals surface area contributed by atoms with Gasteiger partial charge in [-0.2, -0.15) is 0 Å². The molecule has 0 saturated carbocycles. The molecule has 0 aromatic carbocycles. The van der Waals surface area contributed by atoms with Gasteiger partial charge in [-0.25, -0.2) is 13.1 Å². The van der Waals surface area contributed by atoms with Crippen molar-refractivity contribution < 1.29 is 17.9 Å². The maximum Gasteiger partial charge on any atom is 0.324 e. The first-order valence-corrected chi connectivity index (χ1v) is 7.86. The minimum atomic E-state index is -3.43. The van der Waals surface area contributed by atoms with Crippen LogP contribution in [0.4, 0.5) is 0 Å². The Hall–Kier alpha value is -0.620. The molecule has 0 spiro atoms. The molecular formula is C12H25NO4S. The monoisotopic (exact) mass is 279 g/mol. The Labute approximate surface area is 110 Å². The Bertz CT molecular complexity index is 368. The molecule has 0 aromatic heterocycles. The first-order valence-electron chi connectivity index (χ1n) is 6.21. The zero-order valence-electron chi connectivity index (χ0n) is 12.1. The predicted molar refractivity (Wildman–Crippen MR) is 71.7 cm³/mol. The van der Waals surface area contributed by atoms with Crippen molar-refractivity contribution in [2.75, 3.05) is 5.75 Å². The van der Waals surface area contributed by atoms with Crippen LogP contribution in [-0.4, -0.2) is 31.8 Å². The zero-order valence-corrected chi connectivity index (χ0v) is 12.9. The molecule has 0 bridgehead atoms. The second-order valence-electron chi connectivity index (χ2n) is 5.69. The van der Waals surface area contributed by atoms with Crippen LogP contribution in [-0.2, 0) is 19.6 Å². The Morgan fingerprint density at radius 1 is 1.28 bits per heavy atom.